The zero-order valence-electron chi connectivity index (χ0n) is 27.9. The second kappa shape index (κ2) is 17.3. The van der Waals surface area contributed by atoms with Crippen molar-refractivity contribution in [1.29, 1.82) is 0 Å². The van der Waals surface area contributed by atoms with Gasteiger partial charge in [-0.15, -0.1) is 43.1 Å². The Labute approximate surface area is 283 Å². The van der Waals surface area contributed by atoms with Crippen molar-refractivity contribution in [3.63, 3.8) is 0 Å². The molecule has 0 saturated heterocycles. The Morgan fingerprint density at radius 2 is 0.717 bits per heavy atom. The van der Waals surface area contributed by atoms with Gasteiger partial charge in [-0.25, -0.2) is 0 Å². The number of aromatic nitrogens is 4. The summed E-state index contributed by atoms with van der Waals surface area (Å²) in [5.74, 6) is 1.12. The first-order valence-electron chi connectivity index (χ1n) is 17.1. The van der Waals surface area contributed by atoms with Crippen molar-refractivity contribution in [2.24, 2.45) is 0 Å². The molecule has 3 heterocycles. The largest absolute Gasteiger partial charge is 0.372 e. The van der Waals surface area contributed by atoms with Gasteiger partial charge < -0.3 is 9.80 Å². The molecule has 242 valence electrons. The van der Waals surface area contributed by atoms with Gasteiger partial charge in [0.1, 0.15) is 0 Å². The Balaban J connectivity index is 1.24. The van der Waals surface area contributed by atoms with Crippen LogP contribution in [0.4, 0.5) is 11.4 Å². The van der Waals surface area contributed by atoms with Crippen molar-refractivity contribution >= 4 is 34.0 Å². The molecular weight excluding hydrogens is 605 g/mol. The SMILES string of the molecule is CCCCN(CCCC)c1ccc(-c2ccc(-c3nnc(-c4ccc(-c5ccc(N(CCCC)CCCC)cc5)s4)nn3)s2)cc1. The highest BCUT2D eigenvalue weighted by molar-refractivity contribution is 7.19. The summed E-state index contributed by atoms with van der Waals surface area (Å²) in [6.45, 7) is 13.5. The highest BCUT2D eigenvalue weighted by Gasteiger charge is 2.14. The van der Waals surface area contributed by atoms with Crippen LogP contribution in [-0.2, 0) is 0 Å². The molecule has 46 heavy (non-hydrogen) atoms. The van der Waals surface area contributed by atoms with E-state index in [-0.39, 0.29) is 0 Å². The summed E-state index contributed by atoms with van der Waals surface area (Å²) in [7, 11) is 0. The van der Waals surface area contributed by atoms with Crippen molar-refractivity contribution in [1.82, 2.24) is 20.4 Å². The molecule has 0 saturated carbocycles. The number of hydrogen-bond acceptors (Lipinski definition) is 8. The smallest absolute Gasteiger partial charge is 0.213 e. The van der Waals surface area contributed by atoms with Gasteiger partial charge in [0.05, 0.1) is 9.75 Å². The molecule has 3 aromatic heterocycles. The van der Waals surface area contributed by atoms with Crippen LogP contribution in [0.3, 0.4) is 0 Å². The van der Waals surface area contributed by atoms with Crippen molar-refractivity contribution in [3.05, 3.63) is 72.8 Å². The fraction of sp³-hybridized carbons (Fsp3) is 0.421. The molecule has 8 heteroatoms. The van der Waals surface area contributed by atoms with E-state index in [0.29, 0.717) is 11.6 Å². The summed E-state index contributed by atoms with van der Waals surface area (Å²) in [5.41, 5.74) is 5.02. The van der Waals surface area contributed by atoms with Gasteiger partial charge in [0.15, 0.2) is 0 Å². The van der Waals surface area contributed by atoms with Gasteiger partial charge >= 0.3 is 0 Å². The Morgan fingerprint density at radius 1 is 0.413 bits per heavy atom. The molecule has 0 bridgehead atoms. The molecule has 6 nitrogen and oxygen atoms in total. The van der Waals surface area contributed by atoms with E-state index in [0.717, 1.165) is 35.9 Å². The third kappa shape index (κ3) is 8.80. The molecule has 0 amide bonds. The van der Waals surface area contributed by atoms with Gasteiger partial charge in [-0.3, -0.25) is 0 Å². The summed E-state index contributed by atoms with van der Waals surface area (Å²) in [6, 6.07) is 26.4. The zero-order chi connectivity index (χ0) is 32.1. The number of nitrogens with zero attached hydrogens (tertiary/aromatic N) is 6. The summed E-state index contributed by atoms with van der Waals surface area (Å²) >= 11 is 3.35. The predicted molar refractivity (Wildman–Crippen MR) is 199 cm³/mol. The van der Waals surface area contributed by atoms with Gasteiger partial charge in [0.25, 0.3) is 0 Å². The van der Waals surface area contributed by atoms with Crippen molar-refractivity contribution < 1.29 is 0 Å². The Bertz CT molecular complexity index is 1450. The molecule has 0 unspecified atom stereocenters. The van der Waals surface area contributed by atoms with E-state index in [1.54, 1.807) is 22.7 Å². The molecule has 0 aliphatic heterocycles. The van der Waals surface area contributed by atoms with Crippen LogP contribution in [0.15, 0.2) is 72.8 Å². The number of unbranched alkanes of at least 4 members (excludes halogenated alkanes) is 4. The maximum atomic E-state index is 4.47. The Kier molecular flexibility index (Phi) is 12.7. The average molecular weight is 653 g/mol. The van der Waals surface area contributed by atoms with Crippen molar-refractivity contribution in [2.45, 2.75) is 79.1 Å². The fourth-order valence-electron chi connectivity index (χ4n) is 5.46. The highest BCUT2D eigenvalue weighted by atomic mass is 32.1. The normalized spacial score (nSPS) is 11.2. The molecule has 0 spiro atoms. The van der Waals surface area contributed by atoms with Crippen LogP contribution in [0, 0.1) is 0 Å². The lowest BCUT2D eigenvalue weighted by Crippen LogP contribution is -2.25. The number of rotatable bonds is 18. The molecule has 0 atom stereocenters. The van der Waals surface area contributed by atoms with E-state index in [4.69, 9.17) is 0 Å². The first kappa shape index (κ1) is 33.7. The van der Waals surface area contributed by atoms with Crippen LogP contribution >= 0.6 is 22.7 Å². The highest BCUT2D eigenvalue weighted by Crippen LogP contribution is 2.36. The molecule has 0 radical (unpaired) electrons. The van der Waals surface area contributed by atoms with Crippen LogP contribution in [0.5, 0.6) is 0 Å². The van der Waals surface area contributed by atoms with Crippen molar-refractivity contribution in [3.8, 4) is 42.3 Å². The van der Waals surface area contributed by atoms with E-state index < -0.39 is 0 Å². The standard InChI is InChI=1S/C38H48N6S2/c1-5-9-25-43(26-10-6-2)31-17-13-29(14-18-31)33-21-23-35(45-33)37-39-41-38(42-40-37)36-24-22-34(46-36)30-15-19-32(20-16-30)44(27-11-7-3)28-12-8-4/h13-24H,5-12,25-28H2,1-4H3. The molecule has 0 N–H and O–H groups in total. The van der Waals surface area contributed by atoms with E-state index in [2.05, 4.69) is 131 Å². The summed E-state index contributed by atoms with van der Waals surface area (Å²) in [5, 5.41) is 17.9. The lowest BCUT2D eigenvalue weighted by molar-refractivity contribution is 0.678. The third-order valence-electron chi connectivity index (χ3n) is 8.29. The first-order valence-corrected chi connectivity index (χ1v) is 18.7. The molecule has 0 fully saturated rings. The summed E-state index contributed by atoms with van der Waals surface area (Å²) in [6.07, 6.45) is 9.74. The topological polar surface area (TPSA) is 58.0 Å². The third-order valence-corrected chi connectivity index (χ3v) is 10.6. The van der Waals surface area contributed by atoms with Crippen LogP contribution in [-0.4, -0.2) is 46.6 Å². The van der Waals surface area contributed by atoms with Crippen LogP contribution in [0.1, 0.15) is 79.1 Å². The molecule has 5 aromatic rings. The molecule has 0 aliphatic rings. The Morgan fingerprint density at radius 3 is 1.02 bits per heavy atom. The predicted octanol–water partition coefficient (Wildman–Crippen LogP) is 10.9. The van der Waals surface area contributed by atoms with E-state index in [1.807, 2.05) is 0 Å². The average Bonchev–Trinajstić information content (AvgIpc) is 3.80. The quantitative estimate of drug-likeness (QED) is 0.0939. The number of benzene rings is 2. The number of anilines is 2. The van der Waals surface area contributed by atoms with Gasteiger partial charge in [0.2, 0.25) is 11.6 Å². The maximum Gasteiger partial charge on any atom is 0.213 e. The molecular formula is C38H48N6S2. The van der Waals surface area contributed by atoms with Crippen LogP contribution < -0.4 is 9.80 Å². The lowest BCUT2D eigenvalue weighted by Gasteiger charge is -2.24. The van der Waals surface area contributed by atoms with E-state index >= 15 is 0 Å². The molecule has 2 aromatic carbocycles. The van der Waals surface area contributed by atoms with Crippen LogP contribution in [0.2, 0.25) is 0 Å². The minimum Gasteiger partial charge on any atom is -0.372 e. The summed E-state index contributed by atoms with van der Waals surface area (Å²) in [4.78, 5) is 9.36. The van der Waals surface area contributed by atoms with E-state index in [1.165, 1.54) is 83.6 Å². The molecule has 5 rings (SSSR count). The Hall–Kier alpha value is -3.62. The second-order valence-electron chi connectivity index (χ2n) is 11.9. The van der Waals surface area contributed by atoms with Crippen LogP contribution in [0.25, 0.3) is 42.3 Å². The number of thiophene rings is 2. The second-order valence-corrected chi connectivity index (χ2v) is 14.0. The summed E-state index contributed by atoms with van der Waals surface area (Å²) < 4.78 is 0. The lowest BCUT2D eigenvalue weighted by atomic mass is 10.1. The van der Waals surface area contributed by atoms with Gasteiger partial charge in [-0.1, -0.05) is 77.6 Å². The fourth-order valence-corrected chi connectivity index (χ4v) is 7.33. The van der Waals surface area contributed by atoms with Gasteiger partial charge in [0, 0.05) is 47.3 Å². The number of hydrogen-bond donors (Lipinski definition) is 0. The van der Waals surface area contributed by atoms with Crippen molar-refractivity contribution in [2.75, 3.05) is 36.0 Å². The minimum absolute atomic E-state index is 0.560. The van der Waals surface area contributed by atoms with E-state index in [9.17, 15) is 0 Å². The van der Waals surface area contributed by atoms with Gasteiger partial charge in [-0.2, -0.15) is 0 Å². The first-order chi connectivity index (χ1) is 22.6. The zero-order valence-corrected chi connectivity index (χ0v) is 29.5. The van der Waals surface area contributed by atoms with Gasteiger partial charge in [-0.05, 0) is 85.3 Å². The monoisotopic (exact) mass is 652 g/mol. The maximum absolute atomic E-state index is 4.47. The minimum atomic E-state index is 0.560. The molecule has 0 aliphatic carbocycles.